The minimum absolute atomic E-state index is 0.105. The molecule has 4 nitrogen and oxygen atoms in total. The van der Waals surface area contributed by atoms with Crippen LogP contribution in [0.5, 0.6) is 0 Å². The Morgan fingerprint density at radius 1 is 1.26 bits per heavy atom. The molecule has 19 heavy (non-hydrogen) atoms. The Labute approximate surface area is 122 Å². The summed E-state index contributed by atoms with van der Waals surface area (Å²) in [7, 11) is -3.67. The largest absolute Gasteiger partial charge is 0.269 e. The monoisotopic (exact) mass is 345 g/mol. The summed E-state index contributed by atoms with van der Waals surface area (Å²) in [6.45, 7) is 4.26. The van der Waals surface area contributed by atoms with Crippen LogP contribution in [0, 0.1) is 11.8 Å². The van der Waals surface area contributed by atoms with Crippen LogP contribution >= 0.6 is 15.9 Å². The summed E-state index contributed by atoms with van der Waals surface area (Å²) in [6.07, 6.45) is 0. The van der Waals surface area contributed by atoms with Gasteiger partial charge in [-0.25, -0.2) is 12.7 Å². The van der Waals surface area contributed by atoms with Crippen LogP contribution in [0.3, 0.4) is 0 Å². The number of rotatable bonds is 4. The molecule has 1 atom stereocenters. The Bertz CT molecular complexity index is 598. The molecule has 1 heterocycles. The molecule has 0 saturated heterocycles. The predicted octanol–water partition coefficient (Wildman–Crippen LogP) is 2.50. The Hall–Kier alpha value is -0.880. The number of alkyl halides is 1. The molecule has 2 rings (SSSR count). The number of fused-ring (bicyclic) bond motifs is 1. The van der Waals surface area contributed by atoms with Gasteiger partial charge in [-0.1, -0.05) is 41.9 Å². The van der Waals surface area contributed by atoms with Gasteiger partial charge in [0.15, 0.2) is 0 Å². The zero-order valence-corrected chi connectivity index (χ0v) is 13.2. The molecule has 1 aliphatic rings. The van der Waals surface area contributed by atoms with Gasteiger partial charge in [0, 0.05) is 11.9 Å². The van der Waals surface area contributed by atoms with E-state index in [1.807, 2.05) is 13.8 Å². The van der Waals surface area contributed by atoms with Crippen LogP contribution in [-0.2, 0) is 10.0 Å². The molecule has 0 bridgehead atoms. The van der Waals surface area contributed by atoms with Crippen LogP contribution in [0.2, 0.25) is 0 Å². The molecule has 1 aliphatic heterocycles. The Morgan fingerprint density at radius 2 is 1.89 bits per heavy atom. The highest BCUT2D eigenvalue weighted by Gasteiger charge is 2.41. The van der Waals surface area contributed by atoms with Crippen LogP contribution in [-0.4, -0.2) is 30.5 Å². The second-order valence-electron chi connectivity index (χ2n) is 5.00. The average Bonchev–Trinajstić information content (AvgIpc) is 2.56. The quantitative estimate of drug-likeness (QED) is 0.787. The maximum Gasteiger partial charge on any atom is 0.269 e. The number of hydrogen-bond donors (Lipinski definition) is 0. The van der Waals surface area contributed by atoms with Gasteiger partial charge in [-0.3, -0.25) is 4.79 Å². The van der Waals surface area contributed by atoms with E-state index in [1.54, 1.807) is 18.2 Å². The molecule has 0 aliphatic carbocycles. The molecule has 0 aromatic heterocycles. The smallest absolute Gasteiger partial charge is 0.268 e. The first-order valence-electron chi connectivity index (χ1n) is 6.11. The second-order valence-corrected chi connectivity index (χ2v) is 7.47. The van der Waals surface area contributed by atoms with E-state index in [9.17, 15) is 13.2 Å². The van der Waals surface area contributed by atoms with Crippen molar-refractivity contribution in [2.75, 3.05) is 11.9 Å². The van der Waals surface area contributed by atoms with Crippen LogP contribution in [0.1, 0.15) is 24.2 Å². The van der Waals surface area contributed by atoms with Gasteiger partial charge < -0.3 is 0 Å². The van der Waals surface area contributed by atoms with Crippen molar-refractivity contribution in [2.45, 2.75) is 18.7 Å². The lowest BCUT2D eigenvalue weighted by molar-refractivity contribution is 0.0853. The minimum Gasteiger partial charge on any atom is -0.268 e. The maximum atomic E-state index is 12.4. The molecule has 0 saturated carbocycles. The summed E-state index contributed by atoms with van der Waals surface area (Å²) in [5.41, 5.74) is 0.277. The summed E-state index contributed by atoms with van der Waals surface area (Å²) in [6, 6.07) is 6.37. The summed E-state index contributed by atoms with van der Waals surface area (Å²) in [5, 5.41) is 0.667. The molecule has 1 aromatic rings. The summed E-state index contributed by atoms with van der Waals surface area (Å²) >= 11 is 3.38. The van der Waals surface area contributed by atoms with E-state index in [2.05, 4.69) is 15.9 Å². The first-order valence-corrected chi connectivity index (χ1v) is 8.67. The zero-order valence-electron chi connectivity index (χ0n) is 10.8. The van der Waals surface area contributed by atoms with Gasteiger partial charge in [0.05, 0.1) is 5.56 Å². The van der Waals surface area contributed by atoms with E-state index in [0.29, 0.717) is 11.2 Å². The lowest BCUT2D eigenvalue weighted by atomic mass is 9.98. The van der Waals surface area contributed by atoms with Crippen LogP contribution in [0.25, 0.3) is 0 Å². The summed E-state index contributed by atoms with van der Waals surface area (Å²) in [5.74, 6) is -0.0127. The first kappa shape index (κ1) is 14.5. The highest BCUT2D eigenvalue weighted by molar-refractivity contribution is 9.09. The van der Waals surface area contributed by atoms with Gasteiger partial charge in [0.2, 0.25) is 0 Å². The van der Waals surface area contributed by atoms with Crippen molar-refractivity contribution in [3.8, 4) is 0 Å². The number of sulfonamides is 1. The summed E-state index contributed by atoms with van der Waals surface area (Å²) in [4.78, 5) is 12.3. The standard InChI is InChI=1S/C13H16BrNO3S/c1-9(2)10(7-14)8-15-13(16)11-5-3-4-6-12(11)19(15,17)18/h3-6,9-10H,7-8H2,1-2H3. The molecule has 1 amide bonds. The van der Waals surface area contributed by atoms with Crippen LogP contribution in [0.15, 0.2) is 29.2 Å². The van der Waals surface area contributed by atoms with E-state index < -0.39 is 15.9 Å². The van der Waals surface area contributed by atoms with Crippen molar-refractivity contribution in [2.24, 2.45) is 11.8 Å². The van der Waals surface area contributed by atoms with Gasteiger partial charge in [-0.05, 0) is 24.0 Å². The van der Waals surface area contributed by atoms with Crippen molar-refractivity contribution in [1.29, 1.82) is 0 Å². The van der Waals surface area contributed by atoms with E-state index >= 15 is 0 Å². The topological polar surface area (TPSA) is 54.5 Å². The number of nitrogens with zero attached hydrogens (tertiary/aromatic N) is 1. The van der Waals surface area contributed by atoms with Crippen molar-refractivity contribution < 1.29 is 13.2 Å². The fraction of sp³-hybridized carbons (Fsp3) is 0.462. The minimum atomic E-state index is -3.67. The predicted molar refractivity (Wildman–Crippen MR) is 76.8 cm³/mol. The first-order chi connectivity index (χ1) is 8.89. The van der Waals surface area contributed by atoms with Gasteiger partial charge >= 0.3 is 0 Å². The fourth-order valence-corrected chi connectivity index (χ4v) is 4.64. The second kappa shape index (κ2) is 5.25. The van der Waals surface area contributed by atoms with Gasteiger partial charge in [0.1, 0.15) is 4.90 Å². The number of carbonyl (C=O) groups excluding carboxylic acids is 1. The van der Waals surface area contributed by atoms with Gasteiger partial charge in [0.25, 0.3) is 15.9 Å². The number of benzene rings is 1. The van der Waals surface area contributed by atoms with E-state index in [-0.39, 0.29) is 22.9 Å². The van der Waals surface area contributed by atoms with E-state index in [0.717, 1.165) is 4.31 Å². The van der Waals surface area contributed by atoms with E-state index in [1.165, 1.54) is 6.07 Å². The SMILES string of the molecule is CC(C)C(CBr)CN1C(=O)c2ccccc2S1(=O)=O. The average molecular weight is 346 g/mol. The number of hydrogen-bond acceptors (Lipinski definition) is 3. The van der Waals surface area contributed by atoms with Crippen LogP contribution in [0.4, 0.5) is 0 Å². The normalized spacial score (nSPS) is 18.7. The van der Waals surface area contributed by atoms with E-state index in [4.69, 9.17) is 0 Å². The third-order valence-corrected chi connectivity index (χ3v) is 6.09. The van der Waals surface area contributed by atoms with Crippen molar-refractivity contribution in [3.05, 3.63) is 29.8 Å². The fourth-order valence-electron chi connectivity index (χ4n) is 2.06. The molecular weight excluding hydrogens is 330 g/mol. The molecule has 0 radical (unpaired) electrons. The summed E-state index contributed by atoms with van der Waals surface area (Å²) < 4.78 is 25.7. The molecule has 0 spiro atoms. The molecular formula is C13H16BrNO3S. The lowest BCUT2D eigenvalue weighted by Crippen LogP contribution is -2.36. The van der Waals surface area contributed by atoms with Crippen molar-refractivity contribution in [1.82, 2.24) is 4.31 Å². The third-order valence-electron chi connectivity index (χ3n) is 3.45. The maximum absolute atomic E-state index is 12.4. The molecule has 1 aromatic carbocycles. The Morgan fingerprint density at radius 3 is 2.42 bits per heavy atom. The highest BCUT2D eigenvalue weighted by atomic mass is 79.9. The highest BCUT2D eigenvalue weighted by Crippen LogP contribution is 2.31. The van der Waals surface area contributed by atoms with Gasteiger partial charge in [-0.2, -0.15) is 0 Å². The van der Waals surface area contributed by atoms with Crippen molar-refractivity contribution >= 4 is 31.9 Å². The zero-order chi connectivity index (χ0) is 14.2. The van der Waals surface area contributed by atoms with Gasteiger partial charge in [-0.15, -0.1) is 0 Å². The van der Waals surface area contributed by atoms with Crippen molar-refractivity contribution in [3.63, 3.8) is 0 Å². The molecule has 0 N–H and O–H groups in total. The number of carbonyl (C=O) groups is 1. The number of halogens is 1. The molecule has 104 valence electrons. The Kier molecular flexibility index (Phi) is 4.01. The molecule has 0 fully saturated rings. The number of amides is 1. The van der Waals surface area contributed by atoms with Crippen LogP contribution < -0.4 is 0 Å². The molecule has 1 unspecified atom stereocenters. The third kappa shape index (κ3) is 2.43. The Balaban J connectivity index is 2.38. The molecule has 6 heteroatoms. The lowest BCUT2D eigenvalue weighted by Gasteiger charge is -2.24.